The van der Waals surface area contributed by atoms with Gasteiger partial charge in [-0.2, -0.15) is 0 Å². The fraction of sp³-hybridized carbons (Fsp3) is 0.400. The zero-order chi connectivity index (χ0) is 14.6. The van der Waals surface area contributed by atoms with Gasteiger partial charge < -0.3 is 4.90 Å². The quantitative estimate of drug-likeness (QED) is 0.761. The molecule has 0 spiro atoms. The number of hydrogen-bond acceptors (Lipinski definition) is 2. The maximum absolute atomic E-state index is 12.2. The van der Waals surface area contributed by atoms with E-state index in [9.17, 15) is 4.79 Å². The number of Topliss-reactive ketones (excluding diaryl/α,β-unsaturated/α-hetero) is 1. The van der Waals surface area contributed by atoms with E-state index in [4.69, 9.17) is 23.2 Å². The van der Waals surface area contributed by atoms with Crippen LogP contribution in [-0.4, -0.2) is 31.3 Å². The second-order valence-corrected chi connectivity index (χ2v) is 5.84. The van der Waals surface area contributed by atoms with Gasteiger partial charge in [-0.15, -0.1) is 0 Å². The third-order valence-corrected chi connectivity index (χ3v) is 3.54. The Kier molecular flexibility index (Phi) is 6.05. The molecule has 0 radical (unpaired) electrons. The maximum Gasteiger partial charge on any atom is 0.162 e. The topological polar surface area (TPSA) is 20.3 Å². The van der Waals surface area contributed by atoms with Gasteiger partial charge in [0, 0.05) is 12.5 Å². The molecule has 1 unspecified atom stereocenters. The summed E-state index contributed by atoms with van der Waals surface area (Å²) in [7, 11) is 3.92. The molecule has 0 aromatic heterocycles. The van der Waals surface area contributed by atoms with Gasteiger partial charge in [-0.05, 0) is 50.4 Å². The molecular formula is C15H19Cl2NO. The van der Waals surface area contributed by atoms with Gasteiger partial charge in [-0.1, -0.05) is 36.2 Å². The Morgan fingerprint density at radius 1 is 1.32 bits per heavy atom. The highest BCUT2D eigenvalue weighted by atomic mass is 35.5. The first-order valence-corrected chi connectivity index (χ1v) is 6.89. The van der Waals surface area contributed by atoms with Crippen LogP contribution in [0, 0.1) is 5.92 Å². The van der Waals surface area contributed by atoms with Gasteiger partial charge >= 0.3 is 0 Å². The minimum Gasteiger partial charge on any atom is -0.309 e. The third kappa shape index (κ3) is 4.98. The standard InChI is InChI=1S/C15H19Cl2NO/c1-10(15(19)11(2)9-18(3)4)7-12-5-6-13(16)14(17)8-12/h5-8,11H,9H2,1-4H3/b10-7+. The SMILES string of the molecule is C/C(=C\c1ccc(Cl)c(Cl)c1)C(=O)C(C)CN(C)C. The molecule has 0 saturated heterocycles. The van der Waals surface area contributed by atoms with Gasteiger partial charge in [-0.3, -0.25) is 4.79 Å². The molecule has 0 saturated carbocycles. The Balaban J connectivity index is 2.86. The molecule has 0 aliphatic heterocycles. The van der Waals surface area contributed by atoms with Crippen LogP contribution in [0.3, 0.4) is 0 Å². The molecule has 1 atom stereocenters. The smallest absolute Gasteiger partial charge is 0.162 e. The van der Waals surface area contributed by atoms with Crippen LogP contribution in [0.4, 0.5) is 0 Å². The lowest BCUT2D eigenvalue weighted by atomic mass is 9.98. The normalized spacial score (nSPS) is 13.7. The number of hydrogen-bond donors (Lipinski definition) is 0. The van der Waals surface area contributed by atoms with Gasteiger partial charge in [0.1, 0.15) is 0 Å². The van der Waals surface area contributed by atoms with Gasteiger partial charge in [0.2, 0.25) is 0 Å². The lowest BCUT2D eigenvalue weighted by Gasteiger charge is -2.16. The van der Waals surface area contributed by atoms with E-state index in [2.05, 4.69) is 0 Å². The van der Waals surface area contributed by atoms with Gasteiger partial charge in [0.25, 0.3) is 0 Å². The second-order valence-electron chi connectivity index (χ2n) is 5.03. The molecule has 0 bridgehead atoms. The second kappa shape index (κ2) is 7.09. The van der Waals surface area contributed by atoms with Crippen LogP contribution in [0.5, 0.6) is 0 Å². The van der Waals surface area contributed by atoms with Crippen molar-refractivity contribution in [1.29, 1.82) is 0 Å². The summed E-state index contributed by atoms with van der Waals surface area (Å²) in [4.78, 5) is 14.2. The van der Waals surface area contributed by atoms with Crippen LogP contribution in [0.25, 0.3) is 6.08 Å². The molecule has 4 heteroatoms. The molecule has 1 rings (SSSR count). The van der Waals surface area contributed by atoms with Crippen LogP contribution in [0.1, 0.15) is 19.4 Å². The summed E-state index contributed by atoms with van der Waals surface area (Å²) in [5.41, 5.74) is 1.62. The summed E-state index contributed by atoms with van der Waals surface area (Å²) in [5, 5.41) is 1.01. The van der Waals surface area contributed by atoms with Gasteiger partial charge in [-0.25, -0.2) is 0 Å². The molecular weight excluding hydrogens is 281 g/mol. The number of rotatable bonds is 5. The number of benzene rings is 1. The first kappa shape index (κ1) is 16.2. The molecule has 104 valence electrons. The molecule has 1 aromatic rings. The predicted molar refractivity (Wildman–Crippen MR) is 82.8 cm³/mol. The van der Waals surface area contributed by atoms with Crippen LogP contribution in [-0.2, 0) is 4.79 Å². The molecule has 0 N–H and O–H groups in total. The summed E-state index contributed by atoms with van der Waals surface area (Å²) < 4.78 is 0. The van der Waals surface area contributed by atoms with Crippen LogP contribution >= 0.6 is 23.2 Å². The first-order valence-electron chi connectivity index (χ1n) is 6.13. The van der Waals surface area contributed by atoms with Crippen LogP contribution in [0.2, 0.25) is 10.0 Å². The average Bonchev–Trinajstić information content (AvgIpc) is 2.32. The Labute approximate surface area is 125 Å². The highest BCUT2D eigenvalue weighted by Gasteiger charge is 2.15. The van der Waals surface area contributed by atoms with E-state index in [1.807, 2.05) is 45.0 Å². The van der Waals surface area contributed by atoms with E-state index in [1.165, 1.54) is 0 Å². The molecule has 0 fully saturated rings. The molecule has 2 nitrogen and oxygen atoms in total. The first-order chi connectivity index (χ1) is 8.81. The fourth-order valence-electron chi connectivity index (χ4n) is 1.94. The summed E-state index contributed by atoms with van der Waals surface area (Å²) in [6.45, 7) is 4.51. The largest absolute Gasteiger partial charge is 0.309 e. The average molecular weight is 300 g/mol. The highest BCUT2D eigenvalue weighted by molar-refractivity contribution is 6.42. The van der Waals surface area contributed by atoms with E-state index < -0.39 is 0 Å². The van der Waals surface area contributed by atoms with Crippen molar-refractivity contribution in [3.63, 3.8) is 0 Å². The van der Waals surface area contributed by atoms with Crippen molar-refractivity contribution in [1.82, 2.24) is 4.90 Å². The summed E-state index contributed by atoms with van der Waals surface area (Å²) in [5.74, 6) is 0.133. The lowest BCUT2D eigenvalue weighted by Crippen LogP contribution is -2.26. The van der Waals surface area contributed by atoms with Crippen LogP contribution < -0.4 is 0 Å². The monoisotopic (exact) mass is 299 g/mol. The van der Waals surface area contributed by atoms with Crippen molar-refractivity contribution >= 4 is 35.1 Å². The van der Waals surface area contributed by atoms with E-state index in [-0.39, 0.29) is 11.7 Å². The van der Waals surface area contributed by atoms with Gasteiger partial charge in [0.15, 0.2) is 5.78 Å². The van der Waals surface area contributed by atoms with Crippen molar-refractivity contribution in [2.24, 2.45) is 5.92 Å². The number of nitrogens with zero attached hydrogens (tertiary/aromatic N) is 1. The summed E-state index contributed by atoms with van der Waals surface area (Å²) >= 11 is 11.8. The molecule has 0 heterocycles. The van der Waals surface area contributed by atoms with E-state index >= 15 is 0 Å². The zero-order valence-corrected chi connectivity index (χ0v) is 13.2. The molecule has 19 heavy (non-hydrogen) atoms. The van der Waals surface area contributed by atoms with Crippen LogP contribution in [0.15, 0.2) is 23.8 Å². The highest BCUT2D eigenvalue weighted by Crippen LogP contribution is 2.24. The number of carbonyl (C=O) groups excluding carboxylic acids is 1. The van der Waals surface area contributed by atoms with Crippen molar-refractivity contribution < 1.29 is 4.79 Å². The van der Waals surface area contributed by atoms with Gasteiger partial charge in [0.05, 0.1) is 10.0 Å². The van der Waals surface area contributed by atoms with Crippen molar-refractivity contribution in [3.8, 4) is 0 Å². The third-order valence-electron chi connectivity index (χ3n) is 2.80. The molecule has 0 amide bonds. The summed E-state index contributed by atoms with van der Waals surface area (Å²) in [6, 6.07) is 5.34. The fourth-order valence-corrected chi connectivity index (χ4v) is 2.25. The minimum atomic E-state index is -0.0194. The Morgan fingerprint density at radius 3 is 2.47 bits per heavy atom. The van der Waals surface area contributed by atoms with Crippen molar-refractivity contribution in [2.75, 3.05) is 20.6 Å². The van der Waals surface area contributed by atoms with E-state index in [0.717, 1.165) is 17.7 Å². The Hall–Kier alpha value is -0.830. The van der Waals surface area contributed by atoms with Crippen molar-refractivity contribution in [3.05, 3.63) is 39.4 Å². The van der Waals surface area contributed by atoms with E-state index in [1.54, 1.807) is 12.1 Å². The van der Waals surface area contributed by atoms with E-state index in [0.29, 0.717) is 10.0 Å². The number of allylic oxidation sites excluding steroid dienone is 1. The lowest BCUT2D eigenvalue weighted by molar-refractivity contribution is -0.119. The van der Waals surface area contributed by atoms with Crippen molar-refractivity contribution in [2.45, 2.75) is 13.8 Å². The molecule has 0 aliphatic rings. The minimum absolute atomic E-state index is 0.0194. The zero-order valence-electron chi connectivity index (χ0n) is 11.7. The predicted octanol–water partition coefficient (Wildman–Crippen LogP) is 4.16. The number of ketones is 1. The Morgan fingerprint density at radius 2 is 1.95 bits per heavy atom. The molecule has 0 aliphatic carbocycles. The molecule has 1 aromatic carbocycles. The number of halogens is 2. The Bertz CT molecular complexity index is 495. The maximum atomic E-state index is 12.2. The summed E-state index contributed by atoms with van der Waals surface area (Å²) in [6.07, 6.45) is 1.84. The number of carbonyl (C=O) groups is 1.